The van der Waals surface area contributed by atoms with E-state index < -0.39 is 0 Å². The molecule has 0 aromatic heterocycles. The van der Waals surface area contributed by atoms with Crippen LogP contribution in [0, 0.1) is 23.7 Å². The fourth-order valence-electron chi connectivity index (χ4n) is 5.26. The van der Waals surface area contributed by atoms with Crippen molar-refractivity contribution in [3.05, 3.63) is 179 Å². The molecule has 0 radical (unpaired) electrons. The van der Waals surface area contributed by atoms with E-state index in [2.05, 4.69) is 183 Å². The number of quaternary nitrogens is 2. The van der Waals surface area contributed by atoms with Gasteiger partial charge in [0, 0.05) is 33.4 Å². The van der Waals surface area contributed by atoms with E-state index in [1.165, 1.54) is 32.1 Å². The second-order valence-electron chi connectivity index (χ2n) is 10.8. The lowest BCUT2D eigenvalue weighted by molar-refractivity contribution is -0.917. The Morgan fingerprint density at radius 1 is 0.429 bits per heavy atom. The third kappa shape index (κ3) is 8.09. The van der Waals surface area contributed by atoms with Crippen molar-refractivity contribution >= 4 is 0 Å². The molecule has 0 saturated heterocycles. The van der Waals surface area contributed by atoms with Crippen molar-refractivity contribution < 1.29 is 9.80 Å². The lowest BCUT2D eigenvalue weighted by atomic mass is 10.0. The van der Waals surface area contributed by atoms with Gasteiger partial charge >= 0.3 is 0 Å². The SMILES string of the molecule is C[NH+](Cc1ccccc1)C(C#Cc1ccc(C#CC(c2ccccc2)[NH+](C)Cc2ccccc2)cc1)c1ccccc1. The first-order chi connectivity index (χ1) is 20.7. The first kappa shape index (κ1) is 28.7. The highest BCUT2D eigenvalue weighted by Crippen LogP contribution is 2.12. The van der Waals surface area contributed by atoms with Crippen LogP contribution in [-0.4, -0.2) is 14.1 Å². The highest BCUT2D eigenvalue weighted by atomic mass is 15.1. The molecule has 4 atom stereocenters. The predicted molar refractivity (Wildman–Crippen MR) is 173 cm³/mol. The van der Waals surface area contributed by atoms with E-state index in [4.69, 9.17) is 0 Å². The normalized spacial score (nSPS) is 13.4. The number of rotatable bonds is 8. The molecule has 5 aromatic rings. The summed E-state index contributed by atoms with van der Waals surface area (Å²) in [5, 5.41) is 0. The van der Waals surface area contributed by atoms with Crippen LogP contribution in [0.25, 0.3) is 0 Å². The average Bonchev–Trinajstić information content (AvgIpc) is 3.04. The van der Waals surface area contributed by atoms with E-state index in [0.29, 0.717) is 0 Å². The second-order valence-corrected chi connectivity index (χ2v) is 10.8. The van der Waals surface area contributed by atoms with Crippen molar-refractivity contribution in [2.75, 3.05) is 14.1 Å². The molecular weight excluding hydrogens is 508 g/mol. The smallest absolute Gasteiger partial charge is 0.175 e. The summed E-state index contributed by atoms with van der Waals surface area (Å²) in [5.41, 5.74) is 7.09. The van der Waals surface area contributed by atoms with E-state index in [1.807, 2.05) is 0 Å². The van der Waals surface area contributed by atoms with Gasteiger partial charge in [0.05, 0.1) is 14.1 Å². The summed E-state index contributed by atoms with van der Waals surface area (Å²) < 4.78 is 0. The molecule has 206 valence electrons. The summed E-state index contributed by atoms with van der Waals surface area (Å²) in [7, 11) is 4.44. The molecule has 0 heterocycles. The first-order valence-electron chi connectivity index (χ1n) is 14.6. The van der Waals surface area contributed by atoms with Gasteiger partial charge in [0.15, 0.2) is 12.1 Å². The lowest BCUT2D eigenvalue weighted by Gasteiger charge is -2.21. The maximum atomic E-state index is 3.58. The van der Waals surface area contributed by atoms with Crippen molar-refractivity contribution in [2.24, 2.45) is 0 Å². The Morgan fingerprint density at radius 2 is 0.738 bits per heavy atom. The van der Waals surface area contributed by atoms with Crippen LogP contribution < -0.4 is 9.80 Å². The summed E-state index contributed by atoms with van der Waals surface area (Å²) >= 11 is 0. The zero-order chi connectivity index (χ0) is 29.0. The largest absolute Gasteiger partial charge is 0.317 e. The van der Waals surface area contributed by atoms with E-state index in [1.54, 1.807) is 0 Å². The Labute approximate surface area is 251 Å². The summed E-state index contributed by atoms with van der Waals surface area (Å²) in [5.74, 6) is 14.1. The molecule has 0 bridgehead atoms. The van der Waals surface area contributed by atoms with Gasteiger partial charge in [-0.25, -0.2) is 0 Å². The molecule has 2 nitrogen and oxygen atoms in total. The van der Waals surface area contributed by atoms with Gasteiger partial charge in [-0.05, 0) is 36.1 Å². The summed E-state index contributed by atoms with van der Waals surface area (Å²) in [6.07, 6.45) is 0. The average molecular weight is 547 g/mol. The third-order valence-electron chi connectivity index (χ3n) is 7.51. The molecule has 5 aromatic carbocycles. The molecule has 0 fully saturated rings. The van der Waals surface area contributed by atoms with Crippen LogP contribution in [0.4, 0.5) is 0 Å². The van der Waals surface area contributed by atoms with Gasteiger partial charge in [0.25, 0.3) is 0 Å². The van der Waals surface area contributed by atoms with Crippen LogP contribution in [0.5, 0.6) is 0 Å². The zero-order valence-electron chi connectivity index (χ0n) is 24.4. The van der Waals surface area contributed by atoms with Gasteiger partial charge in [0.2, 0.25) is 0 Å². The minimum atomic E-state index is 0.0700. The molecule has 0 saturated carbocycles. The Bertz CT molecular complexity index is 1510. The van der Waals surface area contributed by atoms with E-state index >= 15 is 0 Å². The molecule has 0 aliphatic rings. The van der Waals surface area contributed by atoms with Crippen molar-refractivity contribution in [1.29, 1.82) is 0 Å². The first-order valence-corrected chi connectivity index (χ1v) is 14.6. The fraction of sp³-hybridized carbons (Fsp3) is 0.150. The van der Waals surface area contributed by atoms with Crippen molar-refractivity contribution in [2.45, 2.75) is 25.2 Å². The van der Waals surface area contributed by atoms with Gasteiger partial charge in [-0.1, -0.05) is 133 Å². The summed E-state index contributed by atoms with van der Waals surface area (Å²) in [6, 6.07) is 50.9. The van der Waals surface area contributed by atoms with Crippen LogP contribution in [0.15, 0.2) is 146 Å². The molecule has 4 unspecified atom stereocenters. The van der Waals surface area contributed by atoms with Crippen LogP contribution in [0.3, 0.4) is 0 Å². The topological polar surface area (TPSA) is 8.88 Å². The maximum absolute atomic E-state index is 3.58. The monoisotopic (exact) mass is 546 g/mol. The molecule has 2 heteroatoms. The number of hydrogen-bond donors (Lipinski definition) is 2. The molecular formula is C40H38N2+2. The van der Waals surface area contributed by atoms with Gasteiger partial charge in [-0.2, -0.15) is 0 Å². The van der Waals surface area contributed by atoms with Crippen LogP contribution in [-0.2, 0) is 13.1 Å². The van der Waals surface area contributed by atoms with Crippen molar-refractivity contribution in [3.63, 3.8) is 0 Å². The second kappa shape index (κ2) is 14.7. The predicted octanol–water partition coefficient (Wildman–Crippen LogP) is 5.30. The van der Waals surface area contributed by atoms with Crippen LogP contribution in [0.2, 0.25) is 0 Å². The highest BCUT2D eigenvalue weighted by Gasteiger charge is 2.19. The van der Waals surface area contributed by atoms with Crippen LogP contribution in [0.1, 0.15) is 45.5 Å². The van der Waals surface area contributed by atoms with E-state index in [9.17, 15) is 0 Å². The van der Waals surface area contributed by atoms with Crippen LogP contribution >= 0.6 is 0 Å². The minimum absolute atomic E-state index is 0.0700. The van der Waals surface area contributed by atoms with E-state index in [-0.39, 0.29) is 12.1 Å². The quantitative estimate of drug-likeness (QED) is 0.245. The Balaban J connectivity index is 1.34. The Morgan fingerprint density at radius 3 is 1.07 bits per heavy atom. The summed E-state index contributed by atoms with van der Waals surface area (Å²) in [6.45, 7) is 1.82. The standard InChI is InChI=1S/C40H36N2/c1-41(31-35-15-7-3-8-16-35)39(37-19-11-5-12-20-37)29-27-33-23-25-34(26-24-33)28-30-40(38-21-13-6-14-22-38)42(2)32-36-17-9-4-10-18-36/h3-26,39-40H,31-32H2,1-2H3/p+2. The Hall–Kier alpha value is -4.86. The minimum Gasteiger partial charge on any atom is -0.317 e. The van der Waals surface area contributed by atoms with Crippen molar-refractivity contribution in [3.8, 4) is 23.7 Å². The van der Waals surface area contributed by atoms with E-state index in [0.717, 1.165) is 24.2 Å². The van der Waals surface area contributed by atoms with Gasteiger partial charge < -0.3 is 9.80 Å². The molecule has 2 N–H and O–H groups in total. The third-order valence-corrected chi connectivity index (χ3v) is 7.51. The number of nitrogens with one attached hydrogen (secondary N) is 2. The molecule has 5 rings (SSSR count). The van der Waals surface area contributed by atoms with Gasteiger partial charge in [-0.15, -0.1) is 0 Å². The van der Waals surface area contributed by atoms with Crippen molar-refractivity contribution in [1.82, 2.24) is 0 Å². The summed E-state index contributed by atoms with van der Waals surface area (Å²) in [4.78, 5) is 2.69. The number of hydrogen-bond acceptors (Lipinski definition) is 0. The molecule has 0 aliphatic carbocycles. The highest BCUT2D eigenvalue weighted by molar-refractivity contribution is 5.43. The Kier molecular flexibility index (Phi) is 10.0. The molecule has 42 heavy (non-hydrogen) atoms. The fourth-order valence-corrected chi connectivity index (χ4v) is 5.26. The maximum Gasteiger partial charge on any atom is 0.175 e. The molecule has 0 aliphatic heterocycles. The zero-order valence-corrected chi connectivity index (χ0v) is 24.4. The van der Waals surface area contributed by atoms with Gasteiger partial charge in [0.1, 0.15) is 13.1 Å². The molecule has 0 spiro atoms. The number of benzene rings is 5. The lowest BCUT2D eigenvalue weighted by Crippen LogP contribution is -3.07. The van der Waals surface area contributed by atoms with Gasteiger partial charge in [-0.3, -0.25) is 0 Å². The molecule has 0 amide bonds.